The molecule has 1 N–H and O–H groups in total. The number of nitrogens with one attached hydrogen (secondary N) is 1. The number of halogens is 4. The molecule has 0 saturated carbocycles. The number of amides is 2. The van der Waals surface area contributed by atoms with Crippen LogP contribution >= 0.6 is 11.6 Å². The van der Waals surface area contributed by atoms with E-state index in [1.165, 1.54) is 12.0 Å². The molecular weight excluding hydrogens is 547 g/mol. The molecule has 1 atom stereocenters. The molecule has 0 bridgehead atoms. The summed E-state index contributed by atoms with van der Waals surface area (Å²) in [6, 6.07) is 8.00. The fourth-order valence-corrected chi connectivity index (χ4v) is 4.85. The van der Waals surface area contributed by atoms with Crippen LogP contribution < -0.4 is 14.4 Å². The lowest BCUT2D eigenvalue weighted by Gasteiger charge is -2.33. The average Bonchev–Trinajstić information content (AvgIpc) is 2.85. The lowest BCUT2D eigenvalue weighted by molar-refractivity contribution is -0.140. The van der Waals surface area contributed by atoms with E-state index in [9.17, 15) is 31.2 Å². The summed E-state index contributed by atoms with van der Waals surface area (Å²) in [4.78, 5) is 27.8. The van der Waals surface area contributed by atoms with Gasteiger partial charge in [-0.2, -0.15) is 13.2 Å². The summed E-state index contributed by atoms with van der Waals surface area (Å²) in [5, 5.41) is 2.45. The minimum absolute atomic E-state index is 0.0813. The van der Waals surface area contributed by atoms with E-state index in [1.54, 1.807) is 31.2 Å². The van der Waals surface area contributed by atoms with Gasteiger partial charge in [-0.15, -0.1) is 0 Å². The van der Waals surface area contributed by atoms with E-state index in [2.05, 4.69) is 5.32 Å². The number of nitrogens with zero attached hydrogens (tertiary/aromatic N) is 2. The summed E-state index contributed by atoms with van der Waals surface area (Å²) in [5.74, 6) is -0.731. The Bertz CT molecular complexity index is 1240. The van der Waals surface area contributed by atoms with Crippen LogP contribution in [-0.2, 0) is 32.3 Å². The van der Waals surface area contributed by atoms with E-state index in [0.29, 0.717) is 40.7 Å². The second kappa shape index (κ2) is 13.2. The first-order valence-electron chi connectivity index (χ1n) is 11.8. The molecule has 2 rings (SSSR count). The Balaban J connectivity index is 2.54. The number of ether oxygens (including phenoxy) is 1. The van der Waals surface area contributed by atoms with Crippen molar-refractivity contribution in [2.45, 2.75) is 45.5 Å². The Kier molecular flexibility index (Phi) is 10.8. The third-order valence-corrected chi connectivity index (χ3v) is 7.09. The summed E-state index contributed by atoms with van der Waals surface area (Å²) < 4.78 is 71.2. The highest BCUT2D eigenvalue weighted by atomic mass is 35.5. The zero-order valence-corrected chi connectivity index (χ0v) is 23.1. The topological polar surface area (TPSA) is 96.0 Å². The SMILES string of the molecule is CCCNC(=O)C(CC)N(Cc1cccc(OC)c1)C(=O)CN(c1cc(C(F)(F)F)ccc1Cl)S(C)(=O)=O. The van der Waals surface area contributed by atoms with Gasteiger partial charge in [0.1, 0.15) is 18.3 Å². The van der Waals surface area contributed by atoms with Crippen LogP contribution in [-0.4, -0.2) is 57.6 Å². The van der Waals surface area contributed by atoms with Gasteiger partial charge >= 0.3 is 6.18 Å². The van der Waals surface area contributed by atoms with E-state index < -0.39 is 51.9 Å². The summed E-state index contributed by atoms with van der Waals surface area (Å²) in [6.07, 6.45) is -3.15. The molecule has 2 aromatic rings. The van der Waals surface area contributed by atoms with E-state index >= 15 is 0 Å². The molecule has 0 aliphatic heterocycles. The highest BCUT2D eigenvalue weighted by Crippen LogP contribution is 2.36. The molecule has 8 nitrogen and oxygen atoms in total. The molecule has 2 aromatic carbocycles. The molecule has 1 unspecified atom stereocenters. The Morgan fingerprint density at radius 2 is 1.82 bits per heavy atom. The zero-order valence-electron chi connectivity index (χ0n) is 21.5. The maximum absolute atomic E-state index is 13.6. The first kappa shape index (κ1) is 31.2. The lowest BCUT2D eigenvalue weighted by atomic mass is 10.1. The van der Waals surface area contributed by atoms with Gasteiger partial charge in [0.15, 0.2) is 0 Å². The van der Waals surface area contributed by atoms with Crippen molar-refractivity contribution in [1.82, 2.24) is 10.2 Å². The molecule has 0 radical (unpaired) electrons. The van der Waals surface area contributed by atoms with Crippen LogP contribution in [0.25, 0.3) is 0 Å². The molecule has 13 heteroatoms. The summed E-state index contributed by atoms with van der Waals surface area (Å²) in [7, 11) is -2.80. The minimum atomic E-state index is -4.77. The predicted molar refractivity (Wildman–Crippen MR) is 140 cm³/mol. The standard InChI is InChI=1S/C25H31ClF3N3O5S/c1-5-12-30-24(34)21(6-2)31(15-17-8-7-9-19(13-17)37-3)23(33)16-32(38(4,35)36)22-14-18(25(27,28)29)10-11-20(22)26/h7-11,13-14,21H,5-6,12,15-16H2,1-4H3,(H,30,34). The van der Waals surface area contributed by atoms with Gasteiger partial charge in [0.25, 0.3) is 0 Å². The monoisotopic (exact) mass is 577 g/mol. The minimum Gasteiger partial charge on any atom is -0.497 e. The fourth-order valence-electron chi connectivity index (χ4n) is 3.73. The molecule has 0 heterocycles. The Morgan fingerprint density at radius 3 is 2.37 bits per heavy atom. The number of carbonyl (C=O) groups is 2. The normalized spacial score (nSPS) is 12.5. The van der Waals surface area contributed by atoms with Crippen LogP contribution in [0.3, 0.4) is 0 Å². The van der Waals surface area contributed by atoms with Gasteiger partial charge in [0.05, 0.1) is 29.6 Å². The van der Waals surface area contributed by atoms with Crippen molar-refractivity contribution >= 4 is 39.1 Å². The quantitative estimate of drug-likeness (QED) is 0.402. The number of hydrogen-bond donors (Lipinski definition) is 1. The second-order valence-corrected chi connectivity index (χ2v) is 10.8. The van der Waals surface area contributed by atoms with Gasteiger partial charge in [-0.3, -0.25) is 13.9 Å². The number of methoxy groups -OCH3 is 1. The van der Waals surface area contributed by atoms with Crippen molar-refractivity contribution in [3.63, 3.8) is 0 Å². The van der Waals surface area contributed by atoms with Crippen molar-refractivity contribution in [1.29, 1.82) is 0 Å². The van der Waals surface area contributed by atoms with Crippen LogP contribution in [0.1, 0.15) is 37.8 Å². The highest BCUT2D eigenvalue weighted by molar-refractivity contribution is 7.92. The number of rotatable bonds is 12. The number of carbonyl (C=O) groups excluding carboxylic acids is 2. The number of benzene rings is 2. The molecule has 0 saturated heterocycles. The van der Waals surface area contributed by atoms with Crippen LogP contribution in [0.2, 0.25) is 5.02 Å². The molecule has 0 aliphatic rings. The molecule has 0 fully saturated rings. The van der Waals surface area contributed by atoms with Crippen molar-refractivity contribution < 1.29 is 35.9 Å². The zero-order chi connectivity index (χ0) is 28.7. The Hall–Kier alpha value is -2.99. The van der Waals surface area contributed by atoms with Crippen molar-refractivity contribution in [2.75, 3.05) is 30.8 Å². The maximum atomic E-state index is 13.6. The summed E-state index contributed by atoms with van der Waals surface area (Å²) >= 11 is 6.09. The van der Waals surface area contributed by atoms with Gasteiger partial charge < -0.3 is 15.0 Å². The van der Waals surface area contributed by atoms with Gasteiger partial charge in [-0.25, -0.2) is 8.42 Å². The van der Waals surface area contributed by atoms with Crippen molar-refractivity contribution in [2.24, 2.45) is 0 Å². The van der Waals surface area contributed by atoms with E-state index in [0.717, 1.165) is 12.3 Å². The first-order chi connectivity index (χ1) is 17.7. The largest absolute Gasteiger partial charge is 0.497 e. The average molecular weight is 578 g/mol. The first-order valence-corrected chi connectivity index (χ1v) is 14.0. The van der Waals surface area contributed by atoms with E-state index in [-0.39, 0.29) is 18.0 Å². The number of sulfonamides is 1. The van der Waals surface area contributed by atoms with Crippen LogP contribution in [0, 0.1) is 0 Å². The van der Waals surface area contributed by atoms with E-state index in [1.807, 2.05) is 6.92 Å². The van der Waals surface area contributed by atoms with E-state index in [4.69, 9.17) is 16.3 Å². The van der Waals surface area contributed by atoms with Crippen molar-refractivity contribution in [3.8, 4) is 5.75 Å². The number of hydrogen-bond acceptors (Lipinski definition) is 5. The Labute approximate surface area is 225 Å². The van der Waals surface area contributed by atoms with Gasteiger partial charge in [-0.05, 0) is 48.7 Å². The van der Waals surface area contributed by atoms with Crippen LogP contribution in [0.15, 0.2) is 42.5 Å². The van der Waals surface area contributed by atoms with Gasteiger partial charge in [-0.1, -0.05) is 37.6 Å². The second-order valence-electron chi connectivity index (χ2n) is 8.52. The smallest absolute Gasteiger partial charge is 0.416 e. The Morgan fingerprint density at radius 1 is 1.13 bits per heavy atom. The molecule has 2 amide bonds. The molecular formula is C25H31ClF3N3O5S. The maximum Gasteiger partial charge on any atom is 0.416 e. The predicted octanol–water partition coefficient (Wildman–Crippen LogP) is 4.47. The summed E-state index contributed by atoms with van der Waals surface area (Å²) in [5.41, 5.74) is -1.03. The van der Waals surface area contributed by atoms with Gasteiger partial charge in [0.2, 0.25) is 21.8 Å². The van der Waals surface area contributed by atoms with Crippen LogP contribution in [0.5, 0.6) is 5.75 Å². The molecule has 38 heavy (non-hydrogen) atoms. The van der Waals surface area contributed by atoms with Gasteiger partial charge in [0, 0.05) is 13.1 Å². The lowest BCUT2D eigenvalue weighted by Crippen LogP contribution is -2.52. The third kappa shape index (κ3) is 8.26. The molecule has 0 aliphatic carbocycles. The number of anilines is 1. The highest BCUT2D eigenvalue weighted by Gasteiger charge is 2.35. The van der Waals surface area contributed by atoms with Crippen LogP contribution in [0.4, 0.5) is 18.9 Å². The molecule has 0 spiro atoms. The molecule has 210 valence electrons. The third-order valence-electron chi connectivity index (χ3n) is 5.64. The fraction of sp³-hybridized carbons (Fsp3) is 0.440. The molecule has 0 aromatic heterocycles. The summed E-state index contributed by atoms with van der Waals surface area (Å²) in [6.45, 7) is 2.97. The number of alkyl halides is 3. The van der Waals surface area contributed by atoms with Crippen molar-refractivity contribution in [3.05, 3.63) is 58.6 Å².